The maximum atomic E-state index is 12.2. The van der Waals surface area contributed by atoms with E-state index in [2.05, 4.69) is 36.6 Å². The number of carbonyl (C=O) groups excluding carboxylic acids is 3. The zero-order valence-corrected chi connectivity index (χ0v) is 13.2. The van der Waals surface area contributed by atoms with E-state index in [1.165, 1.54) is 0 Å². The van der Waals surface area contributed by atoms with E-state index in [0.29, 0.717) is 5.82 Å². The van der Waals surface area contributed by atoms with Crippen LogP contribution in [0.3, 0.4) is 0 Å². The molecule has 2 heterocycles. The number of hydrogen-bond acceptors (Lipinski definition) is 7. The minimum absolute atomic E-state index is 0.0362. The van der Waals surface area contributed by atoms with Crippen LogP contribution in [0.2, 0.25) is 0 Å². The van der Waals surface area contributed by atoms with Crippen molar-refractivity contribution in [2.45, 2.75) is 38.9 Å². The molecule has 126 valence electrons. The molecule has 0 bridgehead atoms. The molecule has 4 N–H and O–H groups in total. The Balaban J connectivity index is 1.95. The average Bonchev–Trinajstić information content (AvgIpc) is 3.10. The Labute approximate surface area is 132 Å². The summed E-state index contributed by atoms with van der Waals surface area (Å²) in [4.78, 5) is 37.2. The van der Waals surface area contributed by atoms with Crippen molar-refractivity contribution < 1.29 is 14.4 Å². The molecule has 1 aromatic rings. The number of aromatic amines is 1. The van der Waals surface area contributed by atoms with E-state index in [1.54, 1.807) is 0 Å². The van der Waals surface area contributed by atoms with Gasteiger partial charge in [-0.15, -0.1) is 10.2 Å². The van der Waals surface area contributed by atoms with Gasteiger partial charge in [0.2, 0.25) is 11.8 Å². The molecular formula is C12H20N8O3. The SMILES string of the molecule is CC(C)(C)NCC(=O)N1C(=O)NC[C@H]1C(=O)NCc1nn[nH]n1. The van der Waals surface area contributed by atoms with Gasteiger partial charge in [0, 0.05) is 12.1 Å². The number of amides is 4. The van der Waals surface area contributed by atoms with Crippen LogP contribution in [0.5, 0.6) is 0 Å². The van der Waals surface area contributed by atoms with Crippen molar-refractivity contribution in [3.63, 3.8) is 0 Å². The minimum atomic E-state index is -0.899. The first-order valence-electron chi connectivity index (χ1n) is 7.13. The summed E-state index contributed by atoms with van der Waals surface area (Å²) in [5, 5.41) is 21.1. The van der Waals surface area contributed by atoms with Gasteiger partial charge >= 0.3 is 6.03 Å². The maximum absolute atomic E-state index is 12.2. The van der Waals surface area contributed by atoms with Crippen molar-refractivity contribution in [1.82, 2.24) is 41.5 Å². The van der Waals surface area contributed by atoms with Gasteiger partial charge in [-0.1, -0.05) is 5.21 Å². The summed E-state index contributed by atoms with van der Waals surface area (Å²) in [5.41, 5.74) is -0.276. The second-order valence-electron chi connectivity index (χ2n) is 6.11. The van der Waals surface area contributed by atoms with Crippen molar-refractivity contribution in [1.29, 1.82) is 0 Å². The lowest BCUT2D eigenvalue weighted by molar-refractivity contribution is -0.135. The molecular weight excluding hydrogens is 304 g/mol. The number of aromatic nitrogens is 4. The molecule has 23 heavy (non-hydrogen) atoms. The van der Waals surface area contributed by atoms with Crippen molar-refractivity contribution in [3.05, 3.63) is 5.82 Å². The molecule has 0 saturated carbocycles. The summed E-state index contributed by atoms with van der Waals surface area (Å²) in [6, 6.07) is -1.48. The van der Waals surface area contributed by atoms with Crippen molar-refractivity contribution in [2.24, 2.45) is 0 Å². The first-order chi connectivity index (χ1) is 10.8. The fourth-order valence-corrected chi connectivity index (χ4v) is 1.97. The minimum Gasteiger partial charge on any atom is -0.347 e. The normalized spacial score (nSPS) is 18.0. The summed E-state index contributed by atoms with van der Waals surface area (Å²) >= 11 is 0. The quantitative estimate of drug-likeness (QED) is 0.496. The molecule has 0 unspecified atom stereocenters. The molecule has 1 aromatic heterocycles. The number of carbonyl (C=O) groups is 3. The van der Waals surface area contributed by atoms with E-state index < -0.39 is 23.9 Å². The molecule has 0 aliphatic carbocycles. The van der Waals surface area contributed by atoms with Crippen LogP contribution in [0.15, 0.2) is 0 Å². The Kier molecular flexibility index (Phi) is 4.89. The highest BCUT2D eigenvalue weighted by atomic mass is 16.2. The van der Waals surface area contributed by atoms with Gasteiger partial charge in [-0.3, -0.25) is 9.59 Å². The summed E-state index contributed by atoms with van der Waals surface area (Å²) in [6.45, 7) is 5.80. The third-order valence-electron chi connectivity index (χ3n) is 3.13. The van der Waals surface area contributed by atoms with Crippen LogP contribution in [0.25, 0.3) is 0 Å². The van der Waals surface area contributed by atoms with Gasteiger partial charge in [-0.05, 0) is 20.8 Å². The Morgan fingerprint density at radius 2 is 2.13 bits per heavy atom. The summed E-state index contributed by atoms with van der Waals surface area (Å²) < 4.78 is 0. The summed E-state index contributed by atoms with van der Waals surface area (Å²) in [6.07, 6.45) is 0. The van der Waals surface area contributed by atoms with Crippen LogP contribution >= 0.6 is 0 Å². The lowest BCUT2D eigenvalue weighted by atomic mass is 10.1. The third-order valence-corrected chi connectivity index (χ3v) is 3.13. The predicted molar refractivity (Wildman–Crippen MR) is 77.8 cm³/mol. The lowest BCUT2D eigenvalue weighted by Crippen LogP contribution is -2.52. The summed E-state index contributed by atoms with van der Waals surface area (Å²) in [7, 11) is 0. The molecule has 1 aliphatic rings. The lowest BCUT2D eigenvalue weighted by Gasteiger charge is -2.24. The predicted octanol–water partition coefficient (Wildman–Crippen LogP) is -1.88. The van der Waals surface area contributed by atoms with Crippen molar-refractivity contribution in [2.75, 3.05) is 13.1 Å². The largest absolute Gasteiger partial charge is 0.347 e. The van der Waals surface area contributed by atoms with Gasteiger partial charge in [-0.2, -0.15) is 5.21 Å². The topological polar surface area (TPSA) is 145 Å². The smallest absolute Gasteiger partial charge is 0.325 e. The van der Waals surface area contributed by atoms with Gasteiger partial charge in [0.05, 0.1) is 13.1 Å². The monoisotopic (exact) mass is 324 g/mol. The first kappa shape index (κ1) is 16.8. The zero-order chi connectivity index (χ0) is 17.0. The highest BCUT2D eigenvalue weighted by Gasteiger charge is 2.40. The van der Waals surface area contributed by atoms with Crippen molar-refractivity contribution >= 4 is 17.8 Å². The fourth-order valence-electron chi connectivity index (χ4n) is 1.97. The van der Waals surface area contributed by atoms with E-state index in [0.717, 1.165) is 4.90 Å². The van der Waals surface area contributed by atoms with Gasteiger partial charge in [-0.25, -0.2) is 9.69 Å². The highest BCUT2D eigenvalue weighted by molar-refractivity contribution is 6.02. The Bertz CT molecular complexity index is 580. The Morgan fingerprint density at radius 1 is 1.39 bits per heavy atom. The molecule has 0 spiro atoms. The number of H-pyrrole nitrogens is 1. The van der Waals surface area contributed by atoms with Crippen LogP contribution in [-0.4, -0.2) is 68.0 Å². The molecule has 0 aromatic carbocycles. The molecule has 11 heteroatoms. The maximum Gasteiger partial charge on any atom is 0.325 e. The average molecular weight is 324 g/mol. The van der Waals surface area contributed by atoms with Crippen LogP contribution in [0, 0.1) is 0 Å². The number of rotatable bonds is 5. The van der Waals surface area contributed by atoms with Crippen molar-refractivity contribution in [3.8, 4) is 0 Å². The standard InChI is InChI=1S/C12H20N8O3/c1-12(2,3)15-6-9(21)20-7(4-14-11(20)23)10(22)13-5-8-16-18-19-17-8/h7,15H,4-6H2,1-3H3,(H,13,22)(H,14,23)(H,16,17,18,19)/t7-/m0/s1. The van der Waals surface area contributed by atoms with Crippen LogP contribution in [-0.2, 0) is 16.1 Å². The number of nitrogens with one attached hydrogen (secondary N) is 4. The highest BCUT2D eigenvalue weighted by Crippen LogP contribution is 2.09. The number of imide groups is 1. The number of tetrazole rings is 1. The molecule has 0 radical (unpaired) electrons. The zero-order valence-electron chi connectivity index (χ0n) is 13.2. The molecule has 1 aliphatic heterocycles. The molecule has 4 amide bonds. The second-order valence-corrected chi connectivity index (χ2v) is 6.11. The van der Waals surface area contributed by atoms with Crippen LogP contribution in [0.4, 0.5) is 4.79 Å². The first-order valence-corrected chi connectivity index (χ1v) is 7.13. The van der Waals surface area contributed by atoms with E-state index in [-0.39, 0.29) is 25.2 Å². The fraction of sp³-hybridized carbons (Fsp3) is 0.667. The molecule has 11 nitrogen and oxygen atoms in total. The Morgan fingerprint density at radius 3 is 2.74 bits per heavy atom. The van der Waals surface area contributed by atoms with E-state index in [9.17, 15) is 14.4 Å². The third kappa shape index (κ3) is 4.45. The number of hydrogen-bond donors (Lipinski definition) is 4. The van der Waals surface area contributed by atoms with Gasteiger partial charge in [0.1, 0.15) is 6.04 Å². The van der Waals surface area contributed by atoms with Crippen LogP contribution in [0.1, 0.15) is 26.6 Å². The van der Waals surface area contributed by atoms with E-state index >= 15 is 0 Å². The molecule has 1 fully saturated rings. The number of nitrogens with zero attached hydrogens (tertiary/aromatic N) is 4. The van der Waals surface area contributed by atoms with Gasteiger partial charge in [0.25, 0.3) is 0 Å². The van der Waals surface area contributed by atoms with E-state index in [4.69, 9.17) is 0 Å². The van der Waals surface area contributed by atoms with Gasteiger partial charge in [0.15, 0.2) is 5.82 Å². The summed E-state index contributed by atoms with van der Waals surface area (Å²) in [5.74, 6) is -0.616. The molecule has 1 saturated heterocycles. The van der Waals surface area contributed by atoms with E-state index in [1.807, 2.05) is 20.8 Å². The molecule has 2 rings (SSSR count). The number of urea groups is 1. The Hall–Kier alpha value is -2.56. The second kappa shape index (κ2) is 6.69. The molecule has 1 atom stereocenters. The van der Waals surface area contributed by atoms with Crippen LogP contribution < -0.4 is 16.0 Å². The van der Waals surface area contributed by atoms with Gasteiger partial charge < -0.3 is 16.0 Å².